The summed E-state index contributed by atoms with van der Waals surface area (Å²) in [7, 11) is 2.53. The van der Waals surface area contributed by atoms with Crippen LogP contribution in [-0.4, -0.2) is 58.0 Å². The van der Waals surface area contributed by atoms with Gasteiger partial charge in [-0.1, -0.05) is 24.0 Å². The molecule has 1 amide bonds. The number of nitrogens with one attached hydrogen (secondary N) is 2. The zero-order valence-electron chi connectivity index (χ0n) is 13.7. The molecule has 0 radical (unpaired) electrons. The van der Waals surface area contributed by atoms with Gasteiger partial charge in [0, 0.05) is 11.9 Å². The molecule has 1 atom stereocenters. The van der Waals surface area contributed by atoms with E-state index < -0.39 is 24.0 Å². The molecule has 0 saturated carbocycles. The fourth-order valence-corrected chi connectivity index (χ4v) is 3.29. The van der Waals surface area contributed by atoms with Gasteiger partial charge in [0.15, 0.2) is 0 Å². The number of nitrogens with zero attached hydrogens (tertiary/aromatic N) is 2. The third-order valence-electron chi connectivity index (χ3n) is 3.49. The molecule has 0 aliphatic carbocycles. The summed E-state index contributed by atoms with van der Waals surface area (Å²) in [6.07, 6.45) is 2.90. The molecule has 0 unspecified atom stereocenters. The van der Waals surface area contributed by atoms with Crippen molar-refractivity contribution in [3.63, 3.8) is 0 Å². The van der Waals surface area contributed by atoms with Crippen LogP contribution >= 0.6 is 24.0 Å². The molecule has 0 spiro atoms. The highest BCUT2D eigenvalue weighted by molar-refractivity contribution is 8.23. The van der Waals surface area contributed by atoms with Gasteiger partial charge in [-0.05, 0) is 0 Å². The van der Waals surface area contributed by atoms with Gasteiger partial charge in [-0.25, -0.2) is 0 Å². The molecule has 2 heterocycles. The number of hydrogen-bond donors (Lipinski definition) is 2. The summed E-state index contributed by atoms with van der Waals surface area (Å²) in [6.45, 7) is 0. The Morgan fingerprint density at radius 3 is 2.56 bits per heavy atom. The smallest absolute Gasteiger partial charge is 0.307 e. The Labute approximate surface area is 153 Å². The van der Waals surface area contributed by atoms with Gasteiger partial charge in [-0.3, -0.25) is 19.1 Å². The molecule has 1 aromatic rings. The second-order valence-electron chi connectivity index (χ2n) is 5.21. The summed E-state index contributed by atoms with van der Waals surface area (Å²) in [5.74, 6) is -0.623. The lowest BCUT2D eigenvalue weighted by Crippen LogP contribution is -2.38. The lowest BCUT2D eigenvalue weighted by Gasteiger charge is -2.15. The SMILES string of the molecule is COC(=O)CC(CC(=O)OC)n1cc(NC(=O)[C@@H]2CSC(=S)N2)cn1. The average molecular weight is 386 g/mol. The molecule has 0 aromatic carbocycles. The van der Waals surface area contributed by atoms with Crippen molar-refractivity contribution >= 4 is 51.8 Å². The number of anilines is 1. The highest BCUT2D eigenvalue weighted by Gasteiger charge is 2.27. The maximum absolute atomic E-state index is 12.2. The molecule has 1 saturated heterocycles. The van der Waals surface area contributed by atoms with Crippen molar-refractivity contribution in [3.8, 4) is 0 Å². The predicted octanol–water partition coefficient (Wildman–Crippen LogP) is 0.479. The number of aromatic nitrogens is 2. The number of esters is 2. The monoisotopic (exact) mass is 386 g/mol. The van der Waals surface area contributed by atoms with Crippen molar-refractivity contribution in [1.29, 1.82) is 0 Å². The first kappa shape index (κ1) is 19.2. The number of amides is 1. The maximum atomic E-state index is 12.2. The van der Waals surface area contributed by atoms with Crippen LogP contribution in [0.3, 0.4) is 0 Å². The average Bonchev–Trinajstić information content (AvgIpc) is 3.23. The van der Waals surface area contributed by atoms with Crippen LogP contribution in [0.25, 0.3) is 0 Å². The van der Waals surface area contributed by atoms with Crippen LogP contribution < -0.4 is 10.6 Å². The minimum atomic E-state index is -0.571. The first-order chi connectivity index (χ1) is 11.9. The number of thiocarbonyl (C=S) groups is 1. The minimum absolute atomic E-state index is 0.0459. The quantitative estimate of drug-likeness (QED) is 0.510. The Morgan fingerprint density at radius 2 is 2.04 bits per heavy atom. The molecule has 1 aliphatic rings. The van der Waals surface area contributed by atoms with Gasteiger partial charge in [-0.15, -0.1) is 0 Å². The van der Waals surface area contributed by atoms with Crippen molar-refractivity contribution in [2.45, 2.75) is 24.9 Å². The van der Waals surface area contributed by atoms with Crippen LogP contribution in [0.15, 0.2) is 12.4 Å². The van der Waals surface area contributed by atoms with E-state index in [1.54, 1.807) is 6.20 Å². The zero-order chi connectivity index (χ0) is 18.4. The molecule has 0 bridgehead atoms. The Morgan fingerprint density at radius 1 is 1.40 bits per heavy atom. The zero-order valence-corrected chi connectivity index (χ0v) is 15.3. The number of carbonyl (C=O) groups is 3. The standard InChI is InChI=1S/C14H18N4O5S2/c1-22-11(19)3-9(4-12(20)23-2)18-6-8(5-15-18)16-13(21)10-7-25-14(24)17-10/h5-6,9-10H,3-4,7H2,1-2H3,(H,16,21)(H,17,24)/t10-/m0/s1. The van der Waals surface area contributed by atoms with E-state index in [-0.39, 0.29) is 18.7 Å². The summed E-state index contributed by atoms with van der Waals surface area (Å²) in [5.41, 5.74) is 0.453. The fourth-order valence-electron chi connectivity index (χ4n) is 2.17. The van der Waals surface area contributed by atoms with Crippen LogP contribution in [0.2, 0.25) is 0 Å². The molecule has 1 aliphatic heterocycles. The molecule has 136 valence electrons. The first-order valence-corrected chi connectivity index (χ1v) is 8.74. The summed E-state index contributed by atoms with van der Waals surface area (Å²) in [6, 6.07) is -0.972. The number of rotatable bonds is 7. The van der Waals surface area contributed by atoms with Gasteiger partial charge in [0.05, 0.1) is 45.0 Å². The molecule has 1 fully saturated rings. The molecule has 25 heavy (non-hydrogen) atoms. The predicted molar refractivity (Wildman–Crippen MR) is 95.1 cm³/mol. The van der Waals surface area contributed by atoms with E-state index in [0.29, 0.717) is 15.8 Å². The van der Waals surface area contributed by atoms with Crippen molar-refractivity contribution in [3.05, 3.63) is 12.4 Å². The summed E-state index contributed by atoms with van der Waals surface area (Å²) < 4.78 is 11.3. The van der Waals surface area contributed by atoms with Gasteiger partial charge in [0.25, 0.3) is 0 Å². The number of hydrogen-bond acceptors (Lipinski definition) is 8. The van der Waals surface area contributed by atoms with Crippen molar-refractivity contribution in [2.75, 3.05) is 25.3 Å². The van der Waals surface area contributed by atoms with E-state index in [4.69, 9.17) is 12.2 Å². The summed E-state index contributed by atoms with van der Waals surface area (Å²) >= 11 is 6.40. The van der Waals surface area contributed by atoms with E-state index in [1.807, 2.05) is 0 Å². The second-order valence-corrected chi connectivity index (χ2v) is 6.90. The van der Waals surface area contributed by atoms with Gasteiger partial charge >= 0.3 is 11.9 Å². The Kier molecular flexibility index (Phi) is 6.76. The highest BCUT2D eigenvalue weighted by Crippen LogP contribution is 2.20. The third kappa shape index (κ3) is 5.43. The number of methoxy groups -OCH3 is 2. The Hall–Kier alpha value is -2.14. The normalized spacial score (nSPS) is 16.4. The summed E-state index contributed by atoms with van der Waals surface area (Å²) in [4.78, 5) is 35.2. The van der Waals surface area contributed by atoms with Crippen LogP contribution in [0.4, 0.5) is 5.69 Å². The van der Waals surface area contributed by atoms with Gasteiger partial charge in [-0.2, -0.15) is 5.10 Å². The lowest BCUT2D eigenvalue weighted by molar-refractivity contribution is -0.144. The molecule has 11 heteroatoms. The number of carbonyl (C=O) groups excluding carboxylic acids is 3. The molecule has 9 nitrogen and oxygen atoms in total. The maximum Gasteiger partial charge on any atom is 0.307 e. The van der Waals surface area contributed by atoms with Gasteiger partial charge in [0.2, 0.25) is 5.91 Å². The van der Waals surface area contributed by atoms with Crippen molar-refractivity contribution < 1.29 is 23.9 Å². The van der Waals surface area contributed by atoms with E-state index in [1.165, 1.54) is 36.9 Å². The molecular formula is C14H18N4O5S2. The van der Waals surface area contributed by atoms with Crippen LogP contribution in [0, 0.1) is 0 Å². The minimum Gasteiger partial charge on any atom is -0.469 e. The van der Waals surface area contributed by atoms with E-state index in [2.05, 4.69) is 25.2 Å². The van der Waals surface area contributed by atoms with Gasteiger partial charge in [0.1, 0.15) is 10.4 Å². The topological polar surface area (TPSA) is 112 Å². The van der Waals surface area contributed by atoms with Crippen molar-refractivity contribution in [2.24, 2.45) is 0 Å². The van der Waals surface area contributed by atoms with E-state index in [0.717, 1.165) is 0 Å². The Balaban J connectivity index is 2.04. The van der Waals surface area contributed by atoms with Crippen molar-refractivity contribution in [1.82, 2.24) is 15.1 Å². The van der Waals surface area contributed by atoms with Crippen LogP contribution in [-0.2, 0) is 23.9 Å². The first-order valence-electron chi connectivity index (χ1n) is 7.35. The molecule has 2 N–H and O–H groups in total. The van der Waals surface area contributed by atoms with E-state index >= 15 is 0 Å². The third-order valence-corrected chi connectivity index (χ3v) is 4.84. The van der Waals surface area contributed by atoms with Gasteiger partial charge < -0.3 is 20.1 Å². The lowest BCUT2D eigenvalue weighted by atomic mass is 10.1. The highest BCUT2D eigenvalue weighted by atomic mass is 32.2. The Bertz CT molecular complexity index is 660. The summed E-state index contributed by atoms with van der Waals surface area (Å²) in [5, 5.41) is 9.75. The molecule has 2 rings (SSSR count). The largest absolute Gasteiger partial charge is 0.469 e. The molecular weight excluding hydrogens is 368 g/mol. The number of ether oxygens (including phenoxy) is 2. The second kappa shape index (κ2) is 8.81. The molecule has 1 aromatic heterocycles. The van der Waals surface area contributed by atoms with Crippen LogP contribution in [0.5, 0.6) is 0 Å². The number of thioether (sulfide) groups is 1. The van der Waals surface area contributed by atoms with E-state index in [9.17, 15) is 14.4 Å². The fraction of sp³-hybridized carbons (Fsp3) is 0.500. The van der Waals surface area contributed by atoms with Crippen LogP contribution in [0.1, 0.15) is 18.9 Å².